The third kappa shape index (κ3) is 2.88. The van der Waals surface area contributed by atoms with Gasteiger partial charge in [-0.1, -0.05) is 6.92 Å². The van der Waals surface area contributed by atoms with Gasteiger partial charge in [-0.2, -0.15) is 0 Å². The van der Waals surface area contributed by atoms with Crippen molar-refractivity contribution in [1.29, 1.82) is 0 Å². The van der Waals surface area contributed by atoms with Crippen LogP contribution in [0, 0.1) is 0 Å². The molecule has 0 aromatic carbocycles. The van der Waals surface area contributed by atoms with Gasteiger partial charge >= 0.3 is 0 Å². The second-order valence-corrected chi connectivity index (χ2v) is 4.96. The summed E-state index contributed by atoms with van der Waals surface area (Å²) < 4.78 is 5.57. The van der Waals surface area contributed by atoms with Crippen molar-refractivity contribution in [3.63, 3.8) is 0 Å². The average molecular weight is 249 g/mol. The van der Waals surface area contributed by atoms with E-state index < -0.39 is 0 Å². The minimum atomic E-state index is 0.0968. The Hall–Kier alpha value is -0.970. The molecule has 0 aliphatic carbocycles. The van der Waals surface area contributed by atoms with Gasteiger partial charge in [0.2, 0.25) is 0 Å². The van der Waals surface area contributed by atoms with Crippen LogP contribution in [0.2, 0.25) is 0 Å². The predicted octanol–water partition coefficient (Wildman–Crippen LogP) is 1.58. The Kier molecular flexibility index (Phi) is 4.69. The van der Waals surface area contributed by atoms with Gasteiger partial charge in [0, 0.05) is 31.0 Å². The van der Waals surface area contributed by atoms with E-state index in [0.29, 0.717) is 6.04 Å². The molecule has 3 atom stereocenters. The summed E-state index contributed by atoms with van der Waals surface area (Å²) in [6.07, 6.45) is 4.77. The Morgan fingerprint density at radius 2 is 2.22 bits per heavy atom. The molecule has 2 heterocycles. The molecule has 2 N–H and O–H groups in total. The van der Waals surface area contributed by atoms with Crippen molar-refractivity contribution in [2.75, 3.05) is 19.8 Å². The zero-order valence-corrected chi connectivity index (χ0v) is 11.2. The van der Waals surface area contributed by atoms with E-state index in [1.54, 1.807) is 0 Å². The fourth-order valence-electron chi connectivity index (χ4n) is 2.74. The molecule has 1 aromatic rings. The smallest absolute Gasteiger partial charge is 0.0622 e. The van der Waals surface area contributed by atoms with Gasteiger partial charge in [0.15, 0.2) is 0 Å². The number of pyridine rings is 1. The fraction of sp³-hybridized carbons (Fsp3) is 0.643. The molecule has 0 radical (unpaired) electrons. The first-order valence-electron chi connectivity index (χ1n) is 6.73. The van der Waals surface area contributed by atoms with Gasteiger partial charge in [-0.3, -0.25) is 9.88 Å². The molecule has 1 saturated heterocycles. The van der Waals surface area contributed by atoms with Gasteiger partial charge in [0.05, 0.1) is 19.3 Å². The van der Waals surface area contributed by atoms with Crippen LogP contribution in [0.1, 0.15) is 31.9 Å². The van der Waals surface area contributed by atoms with Crippen molar-refractivity contribution >= 4 is 0 Å². The highest BCUT2D eigenvalue weighted by Gasteiger charge is 2.31. The lowest BCUT2D eigenvalue weighted by Crippen LogP contribution is -2.51. The Bertz CT molecular complexity index is 355. The molecule has 2 rings (SSSR count). The molecule has 100 valence electrons. The summed E-state index contributed by atoms with van der Waals surface area (Å²) in [6, 6.07) is 4.94. The minimum absolute atomic E-state index is 0.0968. The standard InChI is InChI=1S/C14H23N3O/c1-3-13-10-18-9-8-17(13)14(11(2)15)12-4-6-16-7-5-12/h4-7,11,13-14H,3,8-10,15H2,1-2H3. The molecular formula is C14H23N3O. The van der Waals surface area contributed by atoms with E-state index in [0.717, 1.165) is 26.2 Å². The molecule has 18 heavy (non-hydrogen) atoms. The van der Waals surface area contributed by atoms with E-state index in [-0.39, 0.29) is 12.1 Å². The Labute approximate surface area is 109 Å². The Morgan fingerprint density at radius 1 is 1.50 bits per heavy atom. The predicted molar refractivity (Wildman–Crippen MR) is 72.2 cm³/mol. The topological polar surface area (TPSA) is 51.4 Å². The lowest BCUT2D eigenvalue weighted by atomic mass is 9.97. The van der Waals surface area contributed by atoms with Crippen LogP contribution in [-0.2, 0) is 4.74 Å². The van der Waals surface area contributed by atoms with Crippen LogP contribution < -0.4 is 5.73 Å². The van der Waals surface area contributed by atoms with Crippen molar-refractivity contribution in [2.24, 2.45) is 5.73 Å². The number of hydrogen-bond donors (Lipinski definition) is 1. The zero-order chi connectivity index (χ0) is 13.0. The van der Waals surface area contributed by atoms with Gasteiger partial charge in [0.25, 0.3) is 0 Å². The molecule has 3 unspecified atom stereocenters. The maximum Gasteiger partial charge on any atom is 0.0622 e. The van der Waals surface area contributed by atoms with E-state index in [1.807, 2.05) is 12.4 Å². The highest BCUT2D eigenvalue weighted by Crippen LogP contribution is 2.27. The van der Waals surface area contributed by atoms with E-state index in [9.17, 15) is 0 Å². The molecule has 1 aliphatic rings. The maximum absolute atomic E-state index is 6.21. The van der Waals surface area contributed by atoms with Gasteiger partial charge < -0.3 is 10.5 Å². The molecular weight excluding hydrogens is 226 g/mol. The van der Waals surface area contributed by atoms with Crippen LogP contribution in [0.15, 0.2) is 24.5 Å². The monoisotopic (exact) mass is 249 g/mol. The number of nitrogens with two attached hydrogens (primary N) is 1. The SMILES string of the molecule is CCC1COCCN1C(c1ccncc1)C(C)N. The Morgan fingerprint density at radius 3 is 2.83 bits per heavy atom. The summed E-state index contributed by atoms with van der Waals surface area (Å²) in [7, 11) is 0. The molecule has 0 bridgehead atoms. The molecule has 0 spiro atoms. The molecule has 4 heteroatoms. The van der Waals surface area contributed by atoms with Gasteiger partial charge in [-0.15, -0.1) is 0 Å². The molecule has 4 nitrogen and oxygen atoms in total. The van der Waals surface area contributed by atoms with Crippen LogP contribution >= 0.6 is 0 Å². The van der Waals surface area contributed by atoms with Crippen LogP contribution in [0.25, 0.3) is 0 Å². The summed E-state index contributed by atoms with van der Waals surface area (Å²) >= 11 is 0. The molecule has 1 fully saturated rings. The number of ether oxygens (including phenoxy) is 1. The summed E-state index contributed by atoms with van der Waals surface area (Å²) in [5.41, 5.74) is 7.46. The third-order valence-electron chi connectivity index (χ3n) is 3.65. The van der Waals surface area contributed by atoms with Crippen LogP contribution in [0.3, 0.4) is 0 Å². The van der Waals surface area contributed by atoms with E-state index in [1.165, 1.54) is 5.56 Å². The van der Waals surface area contributed by atoms with Crippen LogP contribution in [0.4, 0.5) is 0 Å². The lowest BCUT2D eigenvalue weighted by molar-refractivity contribution is -0.0349. The Balaban J connectivity index is 2.24. The average Bonchev–Trinajstić information content (AvgIpc) is 2.40. The van der Waals surface area contributed by atoms with Gasteiger partial charge in [-0.25, -0.2) is 0 Å². The second kappa shape index (κ2) is 6.27. The summed E-state index contributed by atoms with van der Waals surface area (Å²) in [5.74, 6) is 0. The highest BCUT2D eigenvalue weighted by molar-refractivity contribution is 5.17. The normalized spacial score (nSPS) is 24.7. The van der Waals surface area contributed by atoms with Crippen molar-refractivity contribution in [3.05, 3.63) is 30.1 Å². The largest absolute Gasteiger partial charge is 0.378 e. The molecule has 0 amide bonds. The number of rotatable bonds is 4. The lowest BCUT2D eigenvalue weighted by Gasteiger charge is -2.42. The van der Waals surface area contributed by atoms with E-state index in [2.05, 4.69) is 35.9 Å². The first kappa shape index (κ1) is 13.5. The summed E-state index contributed by atoms with van der Waals surface area (Å²) in [4.78, 5) is 6.58. The number of aromatic nitrogens is 1. The van der Waals surface area contributed by atoms with E-state index in [4.69, 9.17) is 10.5 Å². The van der Waals surface area contributed by atoms with Crippen LogP contribution in [0.5, 0.6) is 0 Å². The summed E-state index contributed by atoms with van der Waals surface area (Å²) in [6.45, 7) is 6.84. The van der Waals surface area contributed by atoms with E-state index >= 15 is 0 Å². The molecule has 1 aliphatic heterocycles. The number of hydrogen-bond acceptors (Lipinski definition) is 4. The van der Waals surface area contributed by atoms with Crippen molar-refractivity contribution in [2.45, 2.75) is 38.4 Å². The van der Waals surface area contributed by atoms with Crippen molar-refractivity contribution in [1.82, 2.24) is 9.88 Å². The molecule has 1 aromatic heterocycles. The number of morpholine rings is 1. The first-order valence-corrected chi connectivity index (χ1v) is 6.73. The highest BCUT2D eigenvalue weighted by atomic mass is 16.5. The minimum Gasteiger partial charge on any atom is -0.378 e. The van der Waals surface area contributed by atoms with Gasteiger partial charge in [-0.05, 0) is 31.0 Å². The third-order valence-corrected chi connectivity index (χ3v) is 3.65. The molecule has 0 saturated carbocycles. The summed E-state index contributed by atoms with van der Waals surface area (Å²) in [5, 5.41) is 0. The second-order valence-electron chi connectivity index (χ2n) is 4.96. The van der Waals surface area contributed by atoms with Crippen LogP contribution in [-0.4, -0.2) is 41.7 Å². The maximum atomic E-state index is 6.21. The van der Waals surface area contributed by atoms with Crippen molar-refractivity contribution < 1.29 is 4.74 Å². The zero-order valence-electron chi connectivity index (χ0n) is 11.2. The van der Waals surface area contributed by atoms with Crippen molar-refractivity contribution in [3.8, 4) is 0 Å². The first-order chi connectivity index (χ1) is 8.74. The van der Waals surface area contributed by atoms with Gasteiger partial charge in [0.1, 0.15) is 0 Å². The fourth-order valence-corrected chi connectivity index (χ4v) is 2.74. The quantitative estimate of drug-likeness (QED) is 0.880. The number of nitrogens with zero attached hydrogens (tertiary/aromatic N) is 2.